The summed E-state index contributed by atoms with van der Waals surface area (Å²) in [6.07, 6.45) is 3.04. The Morgan fingerprint density at radius 2 is 1.96 bits per heavy atom. The molecule has 2 aromatic heterocycles. The van der Waals surface area contributed by atoms with Crippen LogP contribution in [-0.4, -0.2) is 50.8 Å². The molecule has 0 unspecified atom stereocenters. The molecule has 2 aromatic rings. The number of aromatic nitrogens is 4. The van der Waals surface area contributed by atoms with Crippen molar-refractivity contribution in [2.24, 2.45) is 0 Å². The molecule has 0 saturated carbocycles. The molecule has 2 rings (SSSR count). The fourth-order valence-corrected chi connectivity index (χ4v) is 1.77. The van der Waals surface area contributed by atoms with E-state index in [1.54, 1.807) is 31.0 Å². The van der Waals surface area contributed by atoms with Crippen LogP contribution in [-0.2, 0) is 5.54 Å². The zero-order chi connectivity index (χ0) is 17.2. The van der Waals surface area contributed by atoms with Crippen LogP contribution >= 0.6 is 0 Å². The van der Waals surface area contributed by atoms with E-state index in [-0.39, 0.29) is 23.0 Å². The average molecular weight is 316 g/mol. The number of hydrogen-bond acceptors (Lipinski definition) is 5. The van der Waals surface area contributed by atoms with E-state index in [2.05, 4.69) is 20.6 Å². The number of carbonyl (C=O) groups is 2. The van der Waals surface area contributed by atoms with E-state index < -0.39 is 5.91 Å². The van der Waals surface area contributed by atoms with Crippen LogP contribution in [0.15, 0.2) is 24.5 Å². The van der Waals surface area contributed by atoms with Gasteiger partial charge in [-0.25, -0.2) is 9.67 Å². The van der Waals surface area contributed by atoms with E-state index in [4.69, 9.17) is 0 Å². The molecular formula is C15H20N6O2. The van der Waals surface area contributed by atoms with Gasteiger partial charge in [-0.2, -0.15) is 0 Å². The molecule has 23 heavy (non-hydrogen) atoms. The first kappa shape index (κ1) is 16.6. The molecule has 0 aliphatic carbocycles. The van der Waals surface area contributed by atoms with E-state index in [0.717, 1.165) is 0 Å². The van der Waals surface area contributed by atoms with Gasteiger partial charge in [0.1, 0.15) is 5.82 Å². The molecule has 0 fully saturated rings. The molecule has 122 valence electrons. The Balaban J connectivity index is 2.16. The Morgan fingerprint density at radius 1 is 1.26 bits per heavy atom. The van der Waals surface area contributed by atoms with Crippen molar-refractivity contribution in [3.8, 4) is 0 Å². The highest BCUT2D eigenvalue weighted by Gasteiger charge is 2.19. The van der Waals surface area contributed by atoms with Crippen LogP contribution in [0.3, 0.4) is 0 Å². The maximum absolute atomic E-state index is 12.2. The summed E-state index contributed by atoms with van der Waals surface area (Å²) in [7, 11) is 3.32. The number of nitrogens with one attached hydrogen (secondary N) is 1. The van der Waals surface area contributed by atoms with Gasteiger partial charge in [0, 0.05) is 25.9 Å². The number of pyridine rings is 1. The van der Waals surface area contributed by atoms with E-state index in [0.29, 0.717) is 5.56 Å². The van der Waals surface area contributed by atoms with E-state index in [1.165, 1.54) is 17.2 Å². The van der Waals surface area contributed by atoms with Crippen molar-refractivity contribution in [1.82, 2.24) is 24.9 Å². The molecular weight excluding hydrogens is 296 g/mol. The molecule has 8 heteroatoms. The Labute approximate surface area is 134 Å². The standard InChI is InChI=1S/C15H20N6O2/c1-15(2,3)21-9-11(18-19-21)13(22)17-12-8-10(6-7-16-12)14(23)20(4)5/h6-9H,1-5H3,(H,16,17,22). The van der Waals surface area contributed by atoms with Crippen LogP contribution in [0.2, 0.25) is 0 Å². The van der Waals surface area contributed by atoms with E-state index in [1.807, 2.05) is 20.8 Å². The molecule has 0 aliphatic heterocycles. The highest BCUT2D eigenvalue weighted by atomic mass is 16.2. The molecule has 8 nitrogen and oxygen atoms in total. The topological polar surface area (TPSA) is 93.0 Å². The van der Waals surface area contributed by atoms with Gasteiger partial charge in [-0.15, -0.1) is 5.10 Å². The Morgan fingerprint density at radius 3 is 2.52 bits per heavy atom. The van der Waals surface area contributed by atoms with Gasteiger partial charge in [0.2, 0.25) is 0 Å². The number of anilines is 1. The first-order chi connectivity index (χ1) is 10.7. The Bertz CT molecular complexity index is 730. The summed E-state index contributed by atoms with van der Waals surface area (Å²) in [6, 6.07) is 3.11. The molecule has 0 aliphatic rings. The van der Waals surface area contributed by atoms with E-state index in [9.17, 15) is 9.59 Å². The van der Waals surface area contributed by atoms with Crippen molar-refractivity contribution in [2.45, 2.75) is 26.3 Å². The van der Waals surface area contributed by atoms with Crippen LogP contribution in [0.1, 0.15) is 41.6 Å². The van der Waals surface area contributed by atoms with Crippen LogP contribution in [0.25, 0.3) is 0 Å². The molecule has 0 atom stereocenters. The summed E-state index contributed by atoms with van der Waals surface area (Å²) in [5, 5.41) is 10.4. The normalized spacial score (nSPS) is 11.2. The monoisotopic (exact) mass is 316 g/mol. The quantitative estimate of drug-likeness (QED) is 0.923. The molecule has 2 amide bonds. The van der Waals surface area contributed by atoms with Gasteiger partial charge in [0.25, 0.3) is 11.8 Å². The Hall–Kier alpha value is -2.77. The molecule has 0 aromatic carbocycles. The summed E-state index contributed by atoms with van der Waals surface area (Å²) in [5.74, 6) is -0.308. The highest BCUT2D eigenvalue weighted by Crippen LogP contribution is 2.13. The van der Waals surface area contributed by atoms with Gasteiger partial charge in [-0.1, -0.05) is 5.21 Å². The van der Waals surface area contributed by atoms with Crippen molar-refractivity contribution >= 4 is 17.6 Å². The second-order valence-corrected chi connectivity index (χ2v) is 6.30. The summed E-state index contributed by atoms with van der Waals surface area (Å²) in [4.78, 5) is 29.6. The summed E-state index contributed by atoms with van der Waals surface area (Å²) in [5.41, 5.74) is 0.367. The maximum Gasteiger partial charge on any atom is 0.278 e. The van der Waals surface area contributed by atoms with Crippen LogP contribution in [0.5, 0.6) is 0 Å². The molecule has 0 spiro atoms. The summed E-state index contributed by atoms with van der Waals surface area (Å²) in [6.45, 7) is 5.88. The van der Waals surface area contributed by atoms with Gasteiger partial charge in [-0.05, 0) is 32.9 Å². The Kier molecular flexibility index (Phi) is 4.44. The lowest BCUT2D eigenvalue weighted by atomic mass is 10.1. The van der Waals surface area contributed by atoms with Crippen molar-refractivity contribution in [2.75, 3.05) is 19.4 Å². The molecule has 0 saturated heterocycles. The summed E-state index contributed by atoms with van der Waals surface area (Å²) >= 11 is 0. The van der Waals surface area contributed by atoms with Crippen molar-refractivity contribution < 1.29 is 9.59 Å². The zero-order valence-electron chi connectivity index (χ0n) is 13.9. The lowest BCUT2D eigenvalue weighted by Crippen LogP contribution is -2.22. The third kappa shape index (κ3) is 3.91. The second-order valence-electron chi connectivity index (χ2n) is 6.30. The summed E-state index contributed by atoms with van der Waals surface area (Å²) < 4.78 is 1.61. The molecule has 0 radical (unpaired) electrons. The first-order valence-corrected chi connectivity index (χ1v) is 7.10. The predicted octanol–water partition coefficient (Wildman–Crippen LogP) is 1.38. The smallest absolute Gasteiger partial charge is 0.278 e. The van der Waals surface area contributed by atoms with Gasteiger partial charge < -0.3 is 10.2 Å². The van der Waals surface area contributed by atoms with Crippen LogP contribution in [0, 0.1) is 0 Å². The third-order valence-electron chi connectivity index (χ3n) is 3.07. The van der Waals surface area contributed by atoms with Gasteiger partial charge >= 0.3 is 0 Å². The number of carbonyl (C=O) groups excluding carboxylic acids is 2. The number of hydrogen-bond donors (Lipinski definition) is 1. The molecule has 1 N–H and O–H groups in total. The SMILES string of the molecule is CN(C)C(=O)c1ccnc(NC(=O)c2cn(C(C)(C)C)nn2)c1. The van der Waals surface area contributed by atoms with Crippen LogP contribution < -0.4 is 5.32 Å². The second kappa shape index (κ2) is 6.15. The number of nitrogens with zero attached hydrogens (tertiary/aromatic N) is 5. The minimum Gasteiger partial charge on any atom is -0.345 e. The first-order valence-electron chi connectivity index (χ1n) is 7.10. The largest absolute Gasteiger partial charge is 0.345 e. The van der Waals surface area contributed by atoms with Crippen molar-refractivity contribution in [3.05, 3.63) is 35.8 Å². The molecule has 2 heterocycles. The fourth-order valence-electron chi connectivity index (χ4n) is 1.77. The fraction of sp³-hybridized carbons (Fsp3) is 0.400. The third-order valence-corrected chi connectivity index (χ3v) is 3.07. The van der Waals surface area contributed by atoms with Crippen molar-refractivity contribution in [3.63, 3.8) is 0 Å². The van der Waals surface area contributed by atoms with E-state index >= 15 is 0 Å². The zero-order valence-corrected chi connectivity index (χ0v) is 13.9. The minimum atomic E-state index is -0.428. The number of amides is 2. The maximum atomic E-state index is 12.2. The van der Waals surface area contributed by atoms with Gasteiger partial charge in [-0.3, -0.25) is 9.59 Å². The highest BCUT2D eigenvalue weighted by molar-refractivity contribution is 6.03. The molecule has 0 bridgehead atoms. The van der Waals surface area contributed by atoms with Gasteiger partial charge in [0.05, 0.1) is 11.7 Å². The predicted molar refractivity (Wildman–Crippen MR) is 85.2 cm³/mol. The van der Waals surface area contributed by atoms with Crippen molar-refractivity contribution in [1.29, 1.82) is 0 Å². The number of rotatable bonds is 3. The van der Waals surface area contributed by atoms with Gasteiger partial charge in [0.15, 0.2) is 5.69 Å². The van der Waals surface area contributed by atoms with Crippen LogP contribution in [0.4, 0.5) is 5.82 Å². The minimum absolute atomic E-state index is 0.165. The lowest BCUT2D eigenvalue weighted by molar-refractivity contribution is 0.0827. The lowest BCUT2D eigenvalue weighted by Gasteiger charge is -2.17. The average Bonchev–Trinajstić information content (AvgIpc) is 2.96.